The van der Waals surface area contributed by atoms with Crippen LogP contribution in [0.4, 0.5) is 0 Å². The van der Waals surface area contributed by atoms with Crippen LogP contribution in [-0.4, -0.2) is 10.9 Å². The summed E-state index contributed by atoms with van der Waals surface area (Å²) < 4.78 is 6.02. The van der Waals surface area contributed by atoms with Crippen molar-refractivity contribution in [2.45, 2.75) is 6.92 Å². The maximum atomic E-state index is 12.7. The summed E-state index contributed by atoms with van der Waals surface area (Å²) in [4.78, 5) is 24.3. The fraction of sp³-hybridized carbons (Fsp3) is 0.0588. The largest absolute Gasteiger partial charge is 0.507 e. The number of fused-ring (bicyclic) bond motifs is 1. The lowest BCUT2D eigenvalue weighted by molar-refractivity contribution is 0.103. The predicted octanol–water partition coefficient (Wildman–Crippen LogP) is 3.80. The topological polar surface area (TPSA) is 67.5 Å². The van der Waals surface area contributed by atoms with Crippen LogP contribution in [0.5, 0.6) is 5.75 Å². The number of hydrogen-bond acceptors (Lipinski definition) is 4. The Hall–Kier alpha value is -2.40. The van der Waals surface area contributed by atoms with Crippen molar-refractivity contribution in [3.8, 4) is 5.75 Å². The highest BCUT2D eigenvalue weighted by molar-refractivity contribution is 9.10. The van der Waals surface area contributed by atoms with Gasteiger partial charge < -0.3 is 9.52 Å². The van der Waals surface area contributed by atoms with Crippen molar-refractivity contribution in [1.29, 1.82) is 0 Å². The molecule has 0 saturated carbocycles. The number of carbonyl (C=O) groups is 1. The average Bonchev–Trinajstić information content (AvgIpc) is 2.47. The number of phenols is 1. The Kier molecular flexibility index (Phi) is 3.58. The molecule has 0 unspecified atom stereocenters. The molecule has 2 aromatic carbocycles. The van der Waals surface area contributed by atoms with Gasteiger partial charge in [-0.2, -0.15) is 0 Å². The van der Waals surface area contributed by atoms with Crippen molar-refractivity contribution in [3.05, 3.63) is 74.0 Å². The highest BCUT2D eigenvalue weighted by Gasteiger charge is 2.20. The maximum Gasteiger partial charge on any atom is 0.336 e. The molecule has 0 fully saturated rings. The van der Waals surface area contributed by atoms with Gasteiger partial charge in [0.25, 0.3) is 0 Å². The van der Waals surface area contributed by atoms with E-state index in [1.165, 1.54) is 12.1 Å². The van der Waals surface area contributed by atoms with Crippen molar-refractivity contribution in [2.75, 3.05) is 0 Å². The van der Waals surface area contributed by atoms with E-state index in [9.17, 15) is 14.7 Å². The van der Waals surface area contributed by atoms with Gasteiger partial charge in [0.05, 0.1) is 0 Å². The third-order valence-corrected chi connectivity index (χ3v) is 3.96. The molecule has 0 atom stereocenters. The van der Waals surface area contributed by atoms with Crippen molar-refractivity contribution >= 4 is 32.7 Å². The molecule has 0 amide bonds. The van der Waals surface area contributed by atoms with Crippen LogP contribution < -0.4 is 5.63 Å². The van der Waals surface area contributed by atoms with E-state index >= 15 is 0 Å². The number of ketones is 1. The van der Waals surface area contributed by atoms with Gasteiger partial charge in [0, 0.05) is 21.5 Å². The molecule has 0 aliphatic rings. The lowest BCUT2D eigenvalue weighted by Crippen LogP contribution is -2.06. The lowest BCUT2D eigenvalue weighted by Gasteiger charge is -2.08. The van der Waals surface area contributed by atoms with Gasteiger partial charge in [-0.05, 0) is 48.9 Å². The van der Waals surface area contributed by atoms with E-state index in [4.69, 9.17) is 4.42 Å². The summed E-state index contributed by atoms with van der Waals surface area (Å²) in [6.45, 7) is 1.75. The number of halogens is 1. The smallest absolute Gasteiger partial charge is 0.336 e. The zero-order valence-electron chi connectivity index (χ0n) is 11.6. The SMILES string of the molecule is Cc1cc(=O)oc2c(C(=O)c3ccc(Br)cc3)c(O)ccc12. The van der Waals surface area contributed by atoms with E-state index in [0.29, 0.717) is 16.5 Å². The van der Waals surface area contributed by atoms with Gasteiger partial charge in [-0.25, -0.2) is 4.79 Å². The van der Waals surface area contributed by atoms with E-state index in [1.807, 2.05) is 0 Å². The summed E-state index contributed by atoms with van der Waals surface area (Å²) in [5.41, 5.74) is 0.644. The van der Waals surface area contributed by atoms with Crippen LogP contribution in [0.2, 0.25) is 0 Å². The Morgan fingerprint density at radius 3 is 2.50 bits per heavy atom. The van der Waals surface area contributed by atoms with Crippen LogP contribution >= 0.6 is 15.9 Å². The van der Waals surface area contributed by atoms with Gasteiger partial charge in [0.1, 0.15) is 11.3 Å². The highest BCUT2D eigenvalue weighted by Crippen LogP contribution is 2.30. The first-order valence-corrected chi connectivity index (χ1v) is 7.33. The number of rotatable bonds is 2. The fourth-order valence-corrected chi connectivity index (χ4v) is 2.60. The third-order valence-electron chi connectivity index (χ3n) is 3.43. The standard InChI is InChI=1S/C17H11BrO4/c1-9-8-14(20)22-17-12(9)6-7-13(19)15(17)16(21)10-2-4-11(18)5-3-10/h2-8,19H,1H3. The molecule has 4 nitrogen and oxygen atoms in total. The molecule has 0 saturated heterocycles. The minimum atomic E-state index is -0.555. The second-order valence-electron chi connectivity index (χ2n) is 4.92. The number of carbonyl (C=O) groups excluding carboxylic acids is 1. The van der Waals surface area contributed by atoms with E-state index in [1.54, 1.807) is 37.3 Å². The van der Waals surface area contributed by atoms with Gasteiger partial charge in [0.2, 0.25) is 5.78 Å². The van der Waals surface area contributed by atoms with Crippen LogP contribution in [-0.2, 0) is 0 Å². The van der Waals surface area contributed by atoms with Gasteiger partial charge in [-0.1, -0.05) is 15.9 Å². The van der Waals surface area contributed by atoms with Crippen molar-refractivity contribution in [2.24, 2.45) is 0 Å². The van der Waals surface area contributed by atoms with E-state index in [2.05, 4.69) is 15.9 Å². The van der Waals surface area contributed by atoms with Gasteiger partial charge in [-0.3, -0.25) is 4.79 Å². The molecule has 0 bridgehead atoms. The molecule has 1 N–H and O–H groups in total. The Labute approximate surface area is 134 Å². The van der Waals surface area contributed by atoms with Crippen molar-refractivity contribution in [1.82, 2.24) is 0 Å². The second-order valence-corrected chi connectivity index (χ2v) is 5.84. The molecule has 0 aliphatic carbocycles. The minimum Gasteiger partial charge on any atom is -0.507 e. The normalized spacial score (nSPS) is 10.8. The van der Waals surface area contributed by atoms with Crippen LogP contribution in [0.15, 0.2) is 56.1 Å². The Balaban J connectivity index is 2.30. The zero-order valence-corrected chi connectivity index (χ0v) is 13.2. The molecule has 0 spiro atoms. The second kappa shape index (κ2) is 5.42. The van der Waals surface area contributed by atoms with Gasteiger partial charge in [-0.15, -0.1) is 0 Å². The molecule has 110 valence electrons. The average molecular weight is 359 g/mol. The van der Waals surface area contributed by atoms with Gasteiger partial charge in [0.15, 0.2) is 5.58 Å². The summed E-state index contributed by atoms with van der Waals surface area (Å²) in [6, 6.07) is 11.2. The maximum absolute atomic E-state index is 12.7. The molecular formula is C17H11BrO4. The number of aryl methyl sites for hydroxylation is 1. The highest BCUT2D eigenvalue weighted by atomic mass is 79.9. The Morgan fingerprint density at radius 1 is 1.14 bits per heavy atom. The summed E-state index contributed by atoms with van der Waals surface area (Å²) in [5.74, 6) is -0.612. The Morgan fingerprint density at radius 2 is 1.82 bits per heavy atom. The van der Waals surface area contributed by atoms with Crippen LogP contribution in [0.25, 0.3) is 11.0 Å². The first-order chi connectivity index (χ1) is 10.5. The fourth-order valence-electron chi connectivity index (χ4n) is 2.34. The first kappa shape index (κ1) is 14.5. The van der Waals surface area contributed by atoms with Crippen LogP contribution in [0, 0.1) is 6.92 Å². The number of aromatic hydroxyl groups is 1. The molecule has 1 aromatic heterocycles. The molecule has 3 aromatic rings. The van der Waals surface area contributed by atoms with Crippen LogP contribution in [0.1, 0.15) is 21.5 Å². The summed E-state index contributed by atoms with van der Waals surface area (Å²) in [6.07, 6.45) is 0. The molecule has 5 heteroatoms. The molecule has 22 heavy (non-hydrogen) atoms. The van der Waals surface area contributed by atoms with Crippen molar-refractivity contribution < 1.29 is 14.3 Å². The summed E-state index contributed by atoms with van der Waals surface area (Å²) in [5, 5.41) is 10.7. The number of phenolic OH excluding ortho intramolecular Hbond substituents is 1. The summed E-state index contributed by atoms with van der Waals surface area (Å²) >= 11 is 3.30. The minimum absolute atomic E-state index is 0.000576. The lowest BCUT2D eigenvalue weighted by atomic mass is 9.99. The predicted molar refractivity (Wildman–Crippen MR) is 86.5 cm³/mol. The van der Waals surface area contributed by atoms with Gasteiger partial charge >= 0.3 is 5.63 Å². The first-order valence-electron chi connectivity index (χ1n) is 6.54. The molecular weight excluding hydrogens is 348 g/mol. The third kappa shape index (κ3) is 2.44. The number of hydrogen-bond donors (Lipinski definition) is 1. The number of benzene rings is 2. The van der Waals surface area contributed by atoms with E-state index in [-0.39, 0.29) is 16.9 Å². The monoisotopic (exact) mass is 358 g/mol. The molecule has 0 radical (unpaired) electrons. The molecule has 3 rings (SSSR count). The van der Waals surface area contributed by atoms with Crippen molar-refractivity contribution in [3.63, 3.8) is 0 Å². The van der Waals surface area contributed by atoms with Crippen LogP contribution in [0.3, 0.4) is 0 Å². The zero-order chi connectivity index (χ0) is 15.9. The Bertz CT molecular complexity index is 939. The van der Waals surface area contributed by atoms with E-state index < -0.39 is 11.4 Å². The molecule has 0 aliphatic heterocycles. The molecule has 1 heterocycles. The summed E-state index contributed by atoms with van der Waals surface area (Å²) in [7, 11) is 0. The van der Waals surface area contributed by atoms with E-state index in [0.717, 1.165) is 4.47 Å². The quantitative estimate of drug-likeness (QED) is 0.558.